The van der Waals surface area contributed by atoms with Gasteiger partial charge in [-0.05, 0) is 42.7 Å². The molecule has 130 valence electrons. The second-order valence-corrected chi connectivity index (χ2v) is 6.16. The van der Waals surface area contributed by atoms with Gasteiger partial charge in [-0.25, -0.2) is 0 Å². The zero-order valence-corrected chi connectivity index (χ0v) is 14.6. The Labute approximate surface area is 148 Å². The number of carbonyl (C=O) groups is 2. The van der Waals surface area contributed by atoms with Gasteiger partial charge in [-0.3, -0.25) is 9.59 Å². The highest BCUT2D eigenvalue weighted by atomic mass is 16.2. The Bertz CT molecular complexity index is 801. The van der Waals surface area contributed by atoms with Crippen LogP contribution < -0.4 is 15.5 Å². The maximum Gasteiger partial charge on any atom is 0.246 e. The molecule has 2 aromatic rings. The van der Waals surface area contributed by atoms with Crippen LogP contribution in [0.5, 0.6) is 0 Å². The standard InChI is InChI=1S/C20H23N3O2/c1-3-19(24)22-17-9-6-8-16(14(17)2)21-13-20(25)23-12-11-15-7-4-5-10-18(15)23/h4-10,21H,3,11-13H2,1-2H3,(H,22,24). The Hall–Kier alpha value is -2.82. The molecule has 0 unspecified atom stereocenters. The van der Waals surface area contributed by atoms with Gasteiger partial charge in [0.05, 0.1) is 6.54 Å². The maximum atomic E-state index is 12.6. The maximum absolute atomic E-state index is 12.6. The number of benzene rings is 2. The summed E-state index contributed by atoms with van der Waals surface area (Å²) in [5.41, 5.74) is 4.79. The monoisotopic (exact) mass is 337 g/mol. The highest BCUT2D eigenvalue weighted by Crippen LogP contribution is 2.28. The SMILES string of the molecule is CCC(=O)Nc1cccc(NCC(=O)N2CCc3ccccc32)c1C. The number of para-hydroxylation sites is 1. The first-order chi connectivity index (χ1) is 12.1. The minimum absolute atomic E-state index is 0.0231. The number of anilines is 3. The van der Waals surface area contributed by atoms with Crippen LogP contribution in [0, 0.1) is 6.92 Å². The molecule has 1 aliphatic heterocycles. The van der Waals surface area contributed by atoms with E-state index in [2.05, 4.69) is 16.7 Å². The lowest BCUT2D eigenvalue weighted by atomic mass is 10.1. The smallest absolute Gasteiger partial charge is 0.246 e. The van der Waals surface area contributed by atoms with Crippen molar-refractivity contribution in [3.63, 3.8) is 0 Å². The summed E-state index contributed by atoms with van der Waals surface area (Å²) >= 11 is 0. The summed E-state index contributed by atoms with van der Waals surface area (Å²) in [7, 11) is 0. The molecule has 5 heteroatoms. The van der Waals surface area contributed by atoms with Crippen molar-refractivity contribution >= 4 is 28.9 Å². The van der Waals surface area contributed by atoms with Crippen molar-refractivity contribution in [1.82, 2.24) is 0 Å². The second kappa shape index (κ2) is 7.38. The molecule has 0 aromatic heterocycles. The van der Waals surface area contributed by atoms with E-state index in [-0.39, 0.29) is 18.4 Å². The van der Waals surface area contributed by atoms with Crippen LogP contribution in [-0.2, 0) is 16.0 Å². The highest BCUT2D eigenvalue weighted by molar-refractivity contribution is 5.98. The van der Waals surface area contributed by atoms with E-state index in [4.69, 9.17) is 0 Å². The molecule has 0 saturated carbocycles. The fourth-order valence-electron chi connectivity index (χ4n) is 3.06. The molecule has 1 aliphatic rings. The van der Waals surface area contributed by atoms with Crippen LogP contribution in [-0.4, -0.2) is 24.9 Å². The summed E-state index contributed by atoms with van der Waals surface area (Å²) in [5.74, 6) is 0.0253. The first kappa shape index (κ1) is 17.0. The van der Waals surface area contributed by atoms with Crippen LogP contribution >= 0.6 is 0 Å². The summed E-state index contributed by atoms with van der Waals surface area (Å²) in [6, 6.07) is 13.7. The van der Waals surface area contributed by atoms with Crippen molar-refractivity contribution < 1.29 is 9.59 Å². The molecule has 0 aliphatic carbocycles. The average Bonchev–Trinajstić information content (AvgIpc) is 3.06. The normalized spacial score (nSPS) is 12.6. The topological polar surface area (TPSA) is 61.4 Å². The predicted molar refractivity (Wildman–Crippen MR) is 101 cm³/mol. The number of rotatable bonds is 5. The van der Waals surface area contributed by atoms with Crippen molar-refractivity contribution in [2.24, 2.45) is 0 Å². The Kier molecular flexibility index (Phi) is 5.03. The van der Waals surface area contributed by atoms with Crippen LogP contribution in [0.2, 0.25) is 0 Å². The number of nitrogens with one attached hydrogen (secondary N) is 2. The number of amides is 2. The van der Waals surface area contributed by atoms with Gasteiger partial charge in [0.25, 0.3) is 0 Å². The van der Waals surface area contributed by atoms with E-state index < -0.39 is 0 Å². The van der Waals surface area contributed by atoms with Crippen LogP contribution in [0.3, 0.4) is 0 Å². The molecule has 2 aromatic carbocycles. The molecule has 1 heterocycles. The van der Waals surface area contributed by atoms with Crippen molar-refractivity contribution in [2.45, 2.75) is 26.7 Å². The van der Waals surface area contributed by atoms with E-state index in [9.17, 15) is 9.59 Å². The largest absolute Gasteiger partial charge is 0.376 e. The van der Waals surface area contributed by atoms with E-state index >= 15 is 0 Å². The van der Waals surface area contributed by atoms with Crippen LogP contribution in [0.15, 0.2) is 42.5 Å². The molecular formula is C20H23N3O2. The molecule has 0 spiro atoms. The van der Waals surface area contributed by atoms with Gasteiger partial charge in [0, 0.05) is 30.0 Å². The van der Waals surface area contributed by atoms with Gasteiger partial charge < -0.3 is 15.5 Å². The molecule has 2 amide bonds. The van der Waals surface area contributed by atoms with E-state index in [0.717, 1.165) is 35.6 Å². The van der Waals surface area contributed by atoms with Crippen LogP contribution in [0.4, 0.5) is 17.1 Å². The minimum atomic E-state index is -0.0231. The van der Waals surface area contributed by atoms with E-state index in [1.54, 1.807) is 0 Å². The van der Waals surface area contributed by atoms with Crippen molar-refractivity contribution in [3.8, 4) is 0 Å². The zero-order chi connectivity index (χ0) is 17.8. The molecule has 0 atom stereocenters. The molecule has 3 rings (SSSR count). The van der Waals surface area contributed by atoms with E-state index in [0.29, 0.717) is 6.42 Å². The van der Waals surface area contributed by atoms with Gasteiger partial charge >= 0.3 is 0 Å². The number of hydrogen-bond acceptors (Lipinski definition) is 3. The second-order valence-electron chi connectivity index (χ2n) is 6.16. The third kappa shape index (κ3) is 3.65. The fourth-order valence-corrected chi connectivity index (χ4v) is 3.06. The summed E-state index contributed by atoms with van der Waals surface area (Å²) < 4.78 is 0. The third-order valence-electron chi connectivity index (χ3n) is 4.55. The molecule has 5 nitrogen and oxygen atoms in total. The Balaban J connectivity index is 1.67. The van der Waals surface area contributed by atoms with Crippen LogP contribution in [0.1, 0.15) is 24.5 Å². The van der Waals surface area contributed by atoms with Gasteiger partial charge in [-0.1, -0.05) is 31.2 Å². The Morgan fingerprint density at radius 1 is 1.08 bits per heavy atom. The lowest BCUT2D eigenvalue weighted by molar-refractivity contribution is -0.117. The molecule has 0 radical (unpaired) electrons. The number of carbonyl (C=O) groups excluding carboxylic acids is 2. The van der Waals surface area contributed by atoms with Gasteiger partial charge in [0.15, 0.2) is 0 Å². The lowest BCUT2D eigenvalue weighted by Gasteiger charge is -2.19. The Morgan fingerprint density at radius 2 is 1.84 bits per heavy atom. The summed E-state index contributed by atoms with van der Waals surface area (Å²) in [6.07, 6.45) is 1.34. The molecule has 2 N–H and O–H groups in total. The predicted octanol–water partition coefficient (Wildman–Crippen LogP) is 3.34. The highest BCUT2D eigenvalue weighted by Gasteiger charge is 2.23. The third-order valence-corrected chi connectivity index (χ3v) is 4.55. The first-order valence-electron chi connectivity index (χ1n) is 8.61. The summed E-state index contributed by atoms with van der Waals surface area (Å²) in [6.45, 7) is 4.70. The number of hydrogen-bond donors (Lipinski definition) is 2. The molecule has 0 fully saturated rings. The fraction of sp³-hybridized carbons (Fsp3) is 0.300. The van der Waals surface area contributed by atoms with Gasteiger partial charge in [0.2, 0.25) is 11.8 Å². The molecule has 0 bridgehead atoms. The molecular weight excluding hydrogens is 314 g/mol. The Morgan fingerprint density at radius 3 is 2.64 bits per heavy atom. The first-order valence-corrected chi connectivity index (χ1v) is 8.61. The lowest BCUT2D eigenvalue weighted by Crippen LogP contribution is -2.34. The van der Waals surface area contributed by atoms with Crippen molar-refractivity contribution in [1.29, 1.82) is 0 Å². The average molecular weight is 337 g/mol. The quantitative estimate of drug-likeness (QED) is 0.879. The van der Waals surface area contributed by atoms with Crippen LogP contribution in [0.25, 0.3) is 0 Å². The van der Waals surface area contributed by atoms with Gasteiger partial charge in [-0.2, -0.15) is 0 Å². The summed E-state index contributed by atoms with van der Waals surface area (Å²) in [4.78, 5) is 26.0. The number of fused-ring (bicyclic) bond motifs is 1. The summed E-state index contributed by atoms with van der Waals surface area (Å²) in [5, 5.41) is 6.09. The van der Waals surface area contributed by atoms with E-state index in [1.807, 2.05) is 55.1 Å². The van der Waals surface area contributed by atoms with Crippen molar-refractivity contribution in [3.05, 3.63) is 53.6 Å². The van der Waals surface area contributed by atoms with Gasteiger partial charge in [-0.15, -0.1) is 0 Å². The van der Waals surface area contributed by atoms with Crippen molar-refractivity contribution in [2.75, 3.05) is 28.6 Å². The van der Waals surface area contributed by atoms with E-state index in [1.165, 1.54) is 5.56 Å². The molecule has 0 saturated heterocycles. The number of nitrogens with zero attached hydrogens (tertiary/aromatic N) is 1. The van der Waals surface area contributed by atoms with Gasteiger partial charge in [0.1, 0.15) is 0 Å². The molecule has 25 heavy (non-hydrogen) atoms. The zero-order valence-electron chi connectivity index (χ0n) is 14.6. The minimum Gasteiger partial charge on any atom is -0.376 e.